The summed E-state index contributed by atoms with van der Waals surface area (Å²) in [5.41, 5.74) is -3.03. The summed E-state index contributed by atoms with van der Waals surface area (Å²) >= 11 is 0. The molecular formula is C19H27F3O3. The van der Waals surface area contributed by atoms with Gasteiger partial charge in [-0.1, -0.05) is 6.58 Å². The molecule has 25 heavy (non-hydrogen) atoms. The molecule has 0 aromatic heterocycles. The van der Waals surface area contributed by atoms with Crippen molar-refractivity contribution in [1.29, 1.82) is 0 Å². The maximum absolute atomic E-state index is 13.4. The van der Waals surface area contributed by atoms with Crippen LogP contribution >= 0.6 is 0 Å². The summed E-state index contributed by atoms with van der Waals surface area (Å²) in [6.07, 6.45) is -0.882. The van der Waals surface area contributed by atoms with E-state index in [4.69, 9.17) is 4.74 Å². The molecule has 0 heterocycles. The number of esters is 1. The Labute approximate surface area is 146 Å². The number of hydrogen-bond donors (Lipinski definition) is 1. The van der Waals surface area contributed by atoms with Crippen molar-refractivity contribution in [3.05, 3.63) is 12.2 Å². The monoisotopic (exact) mass is 360 g/mol. The van der Waals surface area contributed by atoms with E-state index < -0.39 is 23.9 Å². The van der Waals surface area contributed by atoms with Crippen LogP contribution in [-0.2, 0) is 9.53 Å². The van der Waals surface area contributed by atoms with Gasteiger partial charge in [0.25, 0.3) is 0 Å². The first kappa shape index (κ1) is 18.7. The summed E-state index contributed by atoms with van der Waals surface area (Å²) < 4.78 is 45.3. The molecule has 4 saturated carbocycles. The first-order valence-corrected chi connectivity index (χ1v) is 9.14. The lowest BCUT2D eigenvalue weighted by molar-refractivity contribution is -0.288. The van der Waals surface area contributed by atoms with Crippen LogP contribution in [0.25, 0.3) is 0 Å². The molecule has 2 unspecified atom stereocenters. The smallest absolute Gasteiger partial charge is 0.420 e. The zero-order valence-corrected chi connectivity index (χ0v) is 14.8. The van der Waals surface area contributed by atoms with Crippen LogP contribution < -0.4 is 0 Å². The molecule has 0 aliphatic heterocycles. The van der Waals surface area contributed by atoms with E-state index in [-0.39, 0.29) is 17.9 Å². The molecule has 0 radical (unpaired) electrons. The van der Waals surface area contributed by atoms with Crippen LogP contribution in [-0.4, -0.2) is 29.0 Å². The van der Waals surface area contributed by atoms with E-state index in [0.717, 1.165) is 25.7 Å². The molecule has 4 rings (SSSR count). The normalized spacial score (nSPS) is 37.4. The molecule has 2 atom stereocenters. The van der Waals surface area contributed by atoms with Gasteiger partial charge in [-0.3, -0.25) is 0 Å². The fraction of sp³-hybridized carbons (Fsp3) is 0.842. The van der Waals surface area contributed by atoms with Crippen molar-refractivity contribution < 1.29 is 27.8 Å². The largest absolute Gasteiger partial charge is 0.456 e. The molecule has 3 nitrogen and oxygen atoms in total. The Morgan fingerprint density at radius 1 is 1.16 bits per heavy atom. The highest BCUT2D eigenvalue weighted by atomic mass is 19.4. The van der Waals surface area contributed by atoms with Gasteiger partial charge in [0, 0.05) is 5.57 Å². The van der Waals surface area contributed by atoms with E-state index in [2.05, 4.69) is 6.58 Å². The Kier molecular flexibility index (Phi) is 4.71. The number of hydrogen-bond acceptors (Lipinski definition) is 3. The van der Waals surface area contributed by atoms with Crippen LogP contribution in [0, 0.1) is 29.6 Å². The van der Waals surface area contributed by atoms with E-state index in [1.165, 1.54) is 13.3 Å². The van der Waals surface area contributed by atoms with Gasteiger partial charge < -0.3 is 9.84 Å². The van der Waals surface area contributed by atoms with E-state index >= 15 is 0 Å². The van der Waals surface area contributed by atoms with Gasteiger partial charge in [-0.05, 0) is 82.0 Å². The van der Waals surface area contributed by atoms with Gasteiger partial charge in [-0.2, -0.15) is 13.2 Å². The second-order valence-electron chi connectivity index (χ2n) is 8.65. The van der Waals surface area contributed by atoms with E-state index in [0.29, 0.717) is 30.6 Å². The number of rotatable bonds is 5. The fourth-order valence-corrected chi connectivity index (χ4v) is 5.47. The van der Waals surface area contributed by atoms with Gasteiger partial charge >= 0.3 is 12.1 Å². The van der Waals surface area contributed by atoms with E-state index in [9.17, 15) is 23.1 Å². The van der Waals surface area contributed by atoms with Crippen molar-refractivity contribution in [1.82, 2.24) is 0 Å². The topological polar surface area (TPSA) is 46.5 Å². The predicted molar refractivity (Wildman–Crippen MR) is 86.5 cm³/mol. The summed E-state index contributed by atoms with van der Waals surface area (Å²) in [5.74, 6) is 1.41. The molecule has 0 amide bonds. The highest BCUT2D eigenvalue weighted by Crippen LogP contribution is 2.58. The second kappa shape index (κ2) is 6.29. The molecule has 4 bridgehead atoms. The summed E-state index contributed by atoms with van der Waals surface area (Å²) in [4.78, 5) is 11.9. The van der Waals surface area contributed by atoms with Crippen LogP contribution in [0.4, 0.5) is 13.2 Å². The number of aliphatic hydroxyl groups is 1. The average molecular weight is 360 g/mol. The molecule has 4 aliphatic carbocycles. The summed E-state index contributed by atoms with van der Waals surface area (Å²) in [6, 6.07) is 0. The molecule has 6 heteroatoms. The minimum atomic E-state index is -4.86. The Morgan fingerprint density at radius 3 is 2.04 bits per heavy atom. The van der Waals surface area contributed by atoms with Crippen molar-refractivity contribution in [2.45, 2.75) is 70.3 Å². The van der Waals surface area contributed by atoms with E-state index in [1.54, 1.807) is 0 Å². The third kappa shape index (κ3) is 3.46. The number of ether oxygens (including phenoxy) is 1. The molecule has 142 valence electrons. The summed E-state index contributed by atoms with van der Waals surface area (Å²) in [6.45, 7) is 5.54. The molecule has 1 N–H and O–H groups in total. The summed E-state index contributed by atoms with van der Waals surface area (Å²) in [5, 5.41) is 10.2. The zero-order chi connectivity index (χ0) is 18.6. The maximum atomic E-state index is 13.4. The lowest BCUT2D eigenvalue weighted by atomic mass is 9.51. The first-order chi connectivity index (χ1) is 11.5. The predicted octanol–water partition coefficient (Wildman–Crippen LogP) is 4.25. The second-order valence-corrected chi connectivity index (χ2v) is 8.65. The van der Waals surface area contributed by atoms with Crippen molar-refractivity contribution in [3.63, 3.8) is 0 Å². The van der Waals surface area contributed by atoms with Gasteiger partial charge in [0.1, 0.15) is 6.10 Å². The molecule has 0 saturated heterocycles. The third-order valence-electron chi connectivity index (χ3n) is 6.71. The van der Waals surface area contributed by atoms with Crippen molar-refractivity contribution in [3.8, 4) is 0 Å². The Hall–Kier alpha value is -1.04. The van der Waals surface area contributed by atoms with Crippen molar-refractivity contribution in [2.75, 3.05) is 0 Å². The van der Waals surface area contributed by atoms with Crippen LogP contribution in [0.1, 0.15) is 52.4 Å². The average Bonchev–Trinajstić information content (AvgIpc) is 2.47. The molecule has 4 aliphatic rings. The Morgan fingerprint density at radius 2 is 1.64 bits per heavy atom. The van der Waals surface area contributed by atoms with Crippen LogP contribution in [0.15, 0.2) is 12.2 Å². The lowest BCUT2D eigenvalue weighted by Gasteiger charge is -2.55. The standard InChI is InChI=1S/C19H27F3O3/c1-10(2)17(23)25-16(18(3,24)19(20,21)22)9-15-13-5-11-4-12(7-13)8-14(15)6-11/h11-16,24H,1,4-9H2,2-3H3. The fourth-order valence-electron chi connectivity index (χ4n) is 5.47. The molecule has 0 spiro atoms. The summed E-state index contributed by atoms with van der Waals surface area (Å²) in [7, 11) is 0. The highest BCUT2D eigenvalue weighted by molar-refractivity contribution is 5.87. The minimum absolute atomic E-state index is 0.0352. The molecule has 0 aromatic rings. The maximum Gasteiger partial charge on any atom is 0.420 e. The van der Waals surface area contributed by atoms with Gasteiger partial charge in [-0.15, -0.1) is 0 Å². The van der Waals surface area contributed by atoms with Gasteiger partial charge in [0.15, 0.2) is 5.60 Å². The number of halogens is 3. The Bertz CT molecular complexity index is 525. The zero-order valence-electron chi connectivity index (χ0n) is 14.8. The Balaban J connectivity index is 1.80. The highest BCUT2D eigenvalue weighted by Gasteiger charge is 2.59. The number of carbonyl (C=O) groups is 1. The quantitative estimate of drug-likeness (QED) is 0.589. The van der Waals surface area contributed by atoms with Crippen molar-refractivity contribution >= 4 is 5.97 Å². The third-order valence-corrected chi connectivity index (χ3v) is 6.71. The number of carbonyl (C=O) groups excluding carboxylic acids is 1. The lowest BCUT2D eigenvalue weighted by Crippen LogP contribution is -2.56. The SMILES string of the molecule is C=C(C)C(=O)OC(CC1C2CC3CC(C2)CC1C3)C(C)(O)C(F)(F)F. The van der Waals surface area contributed by atoms with Gasteiger partial charge in [-0.25, -0.2) is 4.79 Å². The van der Waals surface area contributed by atoms with Crippen molar-refractivity contribution in [2.24, 2.45) is 29.6 Å². The van der Waals surface area contributed by atoms with Crippen LogP contribution in [0.3, 0.4) is 0 Å². The first-order valence-electron chi connectivity index (χ1n) is 9.14. The molecule has 0 aromatic carbocycles. The van der Waals surface area contributed by atoms with E-state index in [1.807, 2.05) is 0 Å². The van der Waals surface area contributed by atoms with Crippen LogP contribution in [0.5, 0.6) is 0 Å². The molecular weight excluding hydrogens is 333 g/mol. The number of alkyl halides is 3. The molecule has 4 fully saturated rings. The van der Waals surface area contributed by atoms with Gasteiger partial charge in [0.2, 0.25) is 0 Å². The van der Waals surface area contributed by atoms with Crippen LogP contribution in [0.2, 0.25) is 0 Å². The minimum Gasteiger partial charge on any atom is -0.456 e. The van der Waals surface area contributed by atoms with Gasteiger partial charge in [0.05, 0.1) is 0 Å².